The van der Waals surface area contributed by atoms with Crippen molar-refractivity contribution >= 4 is 39.3 Å². The number of benzene rings is 1. The Morgan fingerprint density at radius 1 is 1.50 bits per heavy atom. The van der Waals surface area contributed by atoms with Gasteiger partial charge in [0.25, 0.3) is 0 Å². The van der Waals surface area contributed by atoms with Gasteiger partial charge in [0, 0.05) is 21.5 Å². The van der Waals surface area contributed by atoms with E-state index in [2.05, 4.69) is 27.5 Å². The van der Waals surface area contributed by atoms with Crippen molar-refractivity contribution in [3.05, 3.63) is 28.2 Å². The van der Waals surface area contributed by atoms with Crippen LogP contribution in [0.15, 0.2) is 22.7 Å². The minimum atomic E-state index is -0.891. The summed E-state index contributed by atoms with van der Waals surface area (Å²) in [5, 5.41) is 13.2. The Hall–Kier alpha value is -0.680. The van der Waals surface area contributed by atoms with E-state index < -0.39 is 5.97 Å². The third-order valence-electron chi connectivity index (χ3n) is 3.31. The number of carbonyl (C=O) groups is 1. The van der Waals surface area contributed by atoms with Gasteiger partial charge in [-0.3, -0.25) is 0 Å². The molecule has 1 aromatic carbocycles. The van der Waals surface area contributed by atoms with Gasteiger partial charge in [0.1, 0.15) is 0 Å². The zero-order valence-corrected chi connectivity index (χ0v) is 12.6. The zero-order chi connectivity index (χ0) is 13.1. The van der Waals surface area contributed by atoms with Crippen LogP contribution in [0, 0.1) is 0 Å². The first-order valence-electron chi connectivity index (χ1n) is 5.94. The monoisotopic (exact) mass is 329 g/mol. The Balaban J connectivity index is 2.20. The first-order valence-corrected chi connectivity index (χ1v) is 8.02. The molecule has 98 valence electrons. The molecule has 5 heteroatoms. The molecular formula is C13H16BrNO2S. The van der Waals surface area contributed by atoms with Gasteiger partial charge >= 0.3 is 5.97 Å². The van der Waals surface area contributed by atoms with Crippen molar-refractivity contribution in [1.29, 1.82) is 0 Å². The van der Waals surface area contributed by atoms with E-state index >= 15 is 0 Å². The van der Waals surface area contributed by atoms with Crippen molar-refractivity contribution in [3.8, 4) is 0 Å². The minimum Gasteiger partial charge on any atom is -0.478 e. The summed E-state index contributed by atoms with van der Waals surface area (Å²) in [5.74, 6) is -0.891. The average Bonchev–Trinajstić information content (AvgIpc) is 2.78. The van der Waals surface area contributed by atoms with Crippen LogP contribution in [0.3, 0.4) is 0 Å². The molecule has 2 N–H and O–H groups in total. The molecule has 0 amide bonds. The van der Waals surface area contributed by atoms with Gasteiger partial charge in [0.2, 0.25) is 0 Å². The lowest BCUT2D eigenvalue weighted by Crippen LogP contribution is -2.26. The topological polar surface area (TPSA) is 49.3 Å². The summed E-state index contributed by atoms with van der Waals surface area (Å²) >= 11 is 5.17. The van der Waals surface area contributed by atoms with Crippen LogP contribution in [0.5, 0.6) is 0 Å². The van der Waals surface area contributed by atoms with Crippen LogP contribution in [0.25, 0.3) is 0 Å². The molecule has 0 bridgehead atoms. The summed E-state index contributed by atoms with van der Waals surface area (Å²) in [6.07, 6.45) is 5.64. The molecule has 18 heavy (non-hydrogen) atoms. The molecule has 2 unspecified atom stereocenters. The SMILES string of the molecule is CSC1CCCC1Nc1ccc(Br)cc1C(=O)O. The highest BCUT2D eigenvalue weighted by Gasteiger charge is 2.27. The van der Waals surface area contributed by atoms with Gasteiger partial charge in [-0.1, -0.05) is 22.4 Å². The van der Waals surface area contributed by atoms with Crippen molar-refractivity contribution in [2.75, 3.05) is 11.6 Å². The van der Waals surface area contributed by atoms with E-state index in [0.29, 0.717) is 16.9 Å². The van der Waals surface area contributed by atoms with E-state index in [9.17, 15) is 9.90 Å². The van der Waals surface area contributed by atoms with E-state index in [1.54, 1.807) is 6.07 Å². The molecule has 0 aromatic heterocycles. The van der Waals surface area contributed by atoms with Crippen LogP contribution in [0.1, 0.15) is 29.6 Å². The lowest BCUT2D eigenvalue weighted by atomic mass is 10.1. The second kappa shape index (κ2) is 5.97. The van der Waals surface area contributed by atoms with Gasteiger partial charge in [0.15, 0.2) is 0 Å². The molecule has 0 saturated heterocycles. The molecule has 0 spiro atoms. The van der Waals surface area contributed by atoms with E-state index in [-0.39, 0.29) is 0 Å². The van der Waals surface area contributed by atoms with Crippen molar-refractivity contribution in [2.24, 2.45) is 0 Å². The molecular weight excluding hydrogens is 314 g/mol. The molecule has 2 rings (SSSR count). The normalized spacial score (nSPS) is 23.0. The van der Waals surface area contributed by atoms with Gasteiger partial charge in [-0.15, -0.1) is 0 Å². The van der Waals surface area contributed by atoms with Crippen LogP contribution in [-0.2, 0) is 0 Å². The fourth-order valence-corrected chi connectivity index (χ4v) is 3.69. The Kier molecular flexibility index (Phi) is 4.56. The summed E-state index contributed by atoms with van der Waals surface area (Å²) < 4.78 is 0.790. The number of anilines is 1. The molecule has 1 fully saturated rings. The summed E-state index contributed by atoms with van der Waals surface area (Å²) in [4.78, 5) is 11.2. The molecule has 0 heterocycles. The Morgan fingerprint density at radius 3 is 2.94 bits per heavy atom. The molecule has 1 aliphatic carbocycles. The molecule has 1 aromatic rings. The van der Waals surface area contributed by atoms with Crippen molar-refractivity contribution < 1.29 is 9.90 Å². The van der Waals surface area contributed by atoms with Crippen molar-refractivity contribution in [1.82, 2.24) is 0 Å². The van der Waals surface area contributed by atoms with Crippen molar-refractivity contribution in [2.45, 2.75) is 30.6 Å². The summed E-state index contributed by atoms with van der Waals surface area (Å²) in [6.45, 7) is 0. The number of nitrogens with one attached hydrogen (secondary N) is 1. The van der Waals surface area contributed by atoms with E-state index in [0.717, 1.165) is 16.6 Å². The zero-order valence-electron chi connectivity index (χ0n) is 10.1. The van der Waals surface area contributed by atoms with Crippen LogP contribution >= 0.6 is 27.7 Å². The number of hydrogen-bond acceptors (Lipinski definition) is 3. The van der Waals surface area contributed by atoms with Gasteiger partial charge in [-0.25, -0.2) is 4.79 Å². The summed E-state index contributed by atoms with van der Waals surface area (Å²) in [5.41, 5.74) is 1.05. The molecule has 1 saturated carbocycles. The third kappa shape index (κ3) is 3.01. The predicted molar refractivity (Wildman–Crippen MR) is 79.7 cm³/mol. The Labute approximate surface area is 119 Å². The highest BCUT2D eigenvalue weighted by atomic mass is 79.9. The third-order valence-corrected chi connectivity index (χ3v) is 4.97. The van der Waals surface area contributed by atoms with Gasteiger partial charge in [-0.05, 0) is 37.3 Å². The predicted octanol–water partition coefficient (Wildman–Crippen LogP) is 3.84. The van der Waals surface area contributed by atoms with E-state index in [4.69, 9.17) is 0 Å². The number of thioether (sulfide) groups is 1. The second-order valence-corrected chi connectivity index (χ2v) is 6.44. The first kappa shape index (κ1) is 13.7. The van der Waals surface area contributed by atoms with Crippen LogP contribution < -0.4 is 5.32 Å². The lowest BCUT2D eigenvalue weighted by molar-refractivity contribution is 0.0698. The maximum absolute atomic E-state index is 11.2. The Bertz CT molecular complexity index is 453. The van der Waals surface area contributed by atoms with Crippen molar-refractivity contribution in [3.63, 3.8) is 0 Å². The second-order valence-electron chi connectivity index (χ2n) is 4.45. The van der Waals surface area contributed by atoms with E-state index in [1.165, 1.54) is 12.8 Å². The van der Waals surface area contributed by atoms with Crippen LogP contribution in [0.2, 0.25) is 0 Å². The maximum atomic E-state index is 11.2. The van der Waals surface area contributed by atoms with Crippen LogP contribution in [-0.4, -0.2) is 28.6 Å². The molecule has 2 atom stereocenters. The Morgan fingerprint density at radius 2 is 2.28 bits per heavy atom. The smallest absolute Gasteiger partial charge is 0.337 e. The molecule has 0 radical (unpaired) electrons. The molecule has 1 aliphatic rings. The average molecular weight is 330 g/mol. The number of halogens is 1. The highest BCUT2D eigenvalue weighted by Crippen LogP contribution is 2.32. The maximum Gasteiger partial charge on any atom is 0.337 e. The number of aromatic carboxylic acids is 1. The molecule has 3 nitrogen and oxygen atoms in total. The summed E-state index contributed by atoms with van der Waals surface area (Å²) in [6, 6.07) is 5.73. The standard InChI is InChI=1S/C13H16BrNO2S/c1-18-12-4-2-3-11(12)15-10-6-5-8(14)7-9(10)13(16)17/h5-7,11-12,15H,2-4H2,1H3,(H,16,17). The lowest BCUT2D eigenvalue weighted by Gasteiger charge is -2.21. The fraction of sp³-hybridized carbons (Fsp3) is 0.462. The summed E-state index contributed by atoms with van der Waals surface area (Å²) in [7, 11) is 0. The fourth-order valence-electron chi connectivity index (χ4n) is 2.39. The number of rotatable bonds is 4. The number of carboxylic acid groups (broad SMARTS) is 1. The number of hydrogen-bond donors (Lipinski definition) is 2. The largest absolute Gasteiger partial charge is 0.478 e. The van der Waals surface area contributed by atoms with E-state index in [1.807, 2.05) is 23.9 Å². The highest BCUT2D eigenvalue weighted by molar-refractivity contribution is 9.10. The molecule has 0 aliphatic heterocycles. The first-order chi connectivity index (χ1) is 8.61. The van der Waals surface area contributed by atoms with Gasteiger partial charge < -0.3 is 10.4 Å². The minimum absolute atomic E-state index is 0.330. The van der Waals surface area contributed by atoms with Gasteiger partial charge in [0.05, 0.1) is 5.56 Å². The van der Waals surface area contributed by atoms with Gasteiger partial charge in [-0.2, -0.15) is 11.8 Å². The quantitative estimate of drug-likeness (QED) is 0.881. The number of carboxylic acids is 1. The van der Waals surface area contributed by atoms with Crippen LogP contribution in [0.4, 0.5) is 5.69 Å².